The van der Waals surface area contributed by atoms with Gasteiger partial charge in [0, 0.05) is 19.2 Å². The molecule has 1 amide bonds. The molecule has 1 aromatic carbocycles. The second-order valence-electron chi connectivity index (χ2n) is 5.32. The van der Waals surface area contributed by atoms with Crippen molar-refractivity contribution in [2.75, 3.05) is 13.6 Å². The van der Waals surface area contributed by atoms with Crippen LogP contribution in [-0.2, 0) is 10.0 Å². The third-order valence-electron chi connectivity index (χ3n) is 3.49. The molecule has 5 nitrogen and oxygen atoms in total. The summed E-state index contributed by atoms with van der Waals surface area (Å²) in [4.78, 5) is 13.5. The molecule has 118 valence electrons. The molecule has 0 fully saturated rings. The first kappa shape index (κ1) is 17.6. The van der Waals surface area contributed by atoms with Gasteiger partial charge in [0.2, 0.25) is 10.0 Å². The van der Waals surface area contributed by atoms with Gasteiger partial charge in [-0.3, -0.25) is 4.79 Å². The van der Waals surface area contributed by atoms with E-state index in [1.807, 2.05) is 13.8 Å². The van der Waals surface area contributed by atoms with E-state index >= 15 is 0 Å². The van der Waals surface area contributed by atoms with Gasteiger partial charge in [0.15, 0.2) is 0 Å². The zero-order valence-corrected chi connectivity index (χ0v) is 13.5. The second kappa shape index (κ2) is 6.53. The van der Waals surface area contributed by atoms with Gasteiger partial charge in [-0.25, -0.2) is 17.9 Å². The normalized spacial score (nSPS) is 13.0. The Morgan fingerprint density at radius 1 is 1.43 bits per heavy atom. The Morgan fingerprint density at radius 3 is 2.48 bits per heavy atom. The van der Waals surface area contributed by atoms with Crippen molar-refractivity contribution >= 4 is 15.9 Å². The van der Waals surface area contributed by atoms with E-state index in [9.17, 15) is 17.6 Å². The molecule has 2 N–H and O–H groups in total. The highest BCUT2D eigenvalue weighted by Crippen LogP contribution is 2.21. The fraction of sp³-hybridized carbons (Fsp3) is 0.500. The number of nitrogens with two attached hydrogens (primary N) is 1. The van der Waals surface area contributed by atoms with Crippen LogP contribution >= 0.6 is 0 Å². The topological polar surface area (TPSA) is 80.5 Å². The maximum atomic E-state index is 13.6. The molecule has 0 saturated heterocycles. The van der Waals surface area contributed by atoms with Crippen molar-refractivity contribution in [3.8, 4) is 0 Å². The van der Waals surface area contributed by atoms with Crippen LogP contribution in [0.3, 0.4) is 0 Å². The van der Waals surface area contributed by atoms with Gasteiger partial charge in [-0.15, -0.1) is 0 Å². The number of hydrogen-bond donors (Lipinski definition) is 1. The Morgan fingerprint density at radius 2 is 2.00 bits per heavy atom. The molecule has 1 atom stereocenters. The summed E-state index contributed by atoms with van der Waals surface area (Å²) in [6.45, 7) is 5.97. The molecule has 1 aromatic rings. The van der Waals surface area contributed by atoms with E-state index in [1.165, 1.54) is 11.8 Å². The van der Waals surface area contributed by atoms with E-state index in [4.69, 9.17) is 5.14 Å². The lowest BCUT2D eigenvalue weighted by atomic mass is 10.1. The number of halogens is 1. The minimum absolute atomic E-state index is 0.0184. The summed E-state index contributed by atoms with van der Waals surface area (Å²) < 4.78 is 36.5. The summed E-state index contributed by atoms with van der Waals surface area (Å²) in [6, 6.07) is 1.87. The molecule has 0 spiro atoms. The van der Waals surface area contributed by atoms with Gasteiger partial charge in [0.1, 0.15) is 5.82 Å². The van der Waals surface area contributed by atoms with Crippen LogP contribution in [0.25, 0.3) is 0 Å². The Hall–Kier alpha value is -1.47. The zero-order chi connectivity index (χ0) is 16.4. The van der Waals surface area contributed by atoms with Crippen molar-refractivity contribution in [3.63, 3.8) is 0 Å². The summed E-state index contributed by atoms with van der Waals surface area (Å²) in [5.41, 5.74) is 0.185. The van der Waals surface area contributed by atoms with Gasteiger partial charge in [-0.2, -0.15) is 0 Å². The molecule has 0 radical (unpaired) electrons. The molecule has 0 aliphatic heterocycles. The molecule has 0 heterocycles. The average molecular weight is 316 g/mol. The summed E-state index contributed by atoms with van der Waals surface area (Å²) in [5, 5.41) is 5.05. The molecule has 21 heavy (non-hydrogen) atoms. The largest absolute Gasteiger partial charge is 0.341 e. The number of carbonyl (C=O) groups is 1. The molecule has 0 saturated carbocycles. The van der Waals surface area contributed by atoms with Crippen LogP contribution in [-0.4, -0.2) is 32.8 Å². The standard InChI is InChI=1S/C14H21FN2O3S/c1-5-9(2)8-17(4)14(18)12-6-11(15)7-13(10(12)3)21(16,19)20/h6-7,9H,5,8H2,1-4H3,(H2,16,19,20). The summed E-state index contributed by atoms with van der Waals surface area (Å²) in [7, 11) is -2.47. The van der Waals surface area contributed by atoms with Crippen molar-refractivity contribution < 1.29 is 17.6 Å². The van der Waals surface area contributed by atoms with Crippen molar-refractivity contribution in [1.29, 1.82) is 0 Å². The van der Waals surface area contributed by atoms with Crippen LogP contribution < -0.4 is 5.14 Å². The van der Waals surface area contributed by atoms with Crippen LogP contribution in [0, 0.1) is 18.7 Å². The van der Waals surface area contributed by atoms with Gasteiger partial charge in [0.25, 0.3) is 5.91 Å². The first-order valence-electron chi connectivity index (χ1n) is 6.66. The highest BCUT2D eigenvalue weighted by molar-refractivity contribution is 7.89. The quantitative estimate of drug-likeness (QED) is 0.901. The van der Waals surface area contributed by atoms with Gasteiger partial charge in [-0.05, 0) is 30.5 Å². The lowest BCUT2D eigenvalue weighted by molar-refractivity contribution is 0.0773. The third kappa shape index (κ3) is 4.25. The summed E-state index contributed by atoms with van der Waals surface area (Å²) in [5.74, 6) is -0.923. The predicted molar refractivity (Wildman–Crippen MR) is 78.9 cm³/mol. The minimum Gasteiger partial charge on any atom is -0.341 e. The van der Waals surface area contributed by atoms with Crippen LogP contribution in [0.5, 0.6) is 0 Å². The number of benzene rings is 1. The van der Waals surface area contributed by atoms with E-state index in [1.54, 1.807) is 7.05 Å². The Balaban J connectivity index is 3.25. The maximum absolute atomic E-state index is 13.6. The Labute approximate surface area is 125 Å². The average Bonchev–Trinajstić information content (AvgIpc) is 2.38. The fourth-order valence-electron chi connectivity index (χ4n) is 2.06. The first-order chi connectivity index (χ1) is 9.57. The van der Waals surface area contributed by atoms with Crippen LogP contribution in [0.1, 0.15) is 36.2 Å². The van der Waals surface area contributed by atoms with Crippen LogP contribution in [0.4, 0.5) is 4.39 Å². The van der Waals surface area contributed by atoms with Gasteiger partial charge >= 0.3 is 0 Å². The molecule has 0 aromatic heterocycles. The van der Waals surface area contributed by atoms with Gasteiger partial charge in [0.05, 0.1) is 4.90 Å². The number of hydrogen-bond acceptors (Lipinski definition) is 3. The lowest BCUT2D eigenvalue weighted by Gasteiger charge is -2.22. The molecule has 0 aliphatic carbocycles. The van der Waals surface area contributed by atoms with E-state index < -0.39 is 21.7 Å². The molecule has 0 aliphatic rings. The van der Waals surface area contributed by atoms with Crippen molar-refractivity contribution in [2.24, 2.45) is 11.1 Å². The maximum Gasteiger partial charge on any atom is 0.254 e. The number of carbonyl (C=O) groups excluding carboxylic acids is 1. The predicted octanol–water partition coefficient (Wildman–Crippen LogP) is 1.90. The molecule has 0 bridgehead atoms. The minimum atomic E-state index is -4.08. The number of primary sulfonamides is 1. The zero-order valence-electron chi connectivity index (χ0n) is 12.7. The summed E-state index contributed by atoms with van der Waals surface area (Å²) >= 11 is 0. The van der Waals surface area contributed by atoms with E-state index in [2.05, 4.69) is 0 Å². The van der Waals surface area contributed by atoms with E-state index in [0.717, 1.165) is 18.6 Å². The number of rotatable bonds is 5. The lowest BCUT2D eigenvalue weighted by Crippen LogP contribution is -2.32. The Bertz CT molecular complexity index is 644. The van der Waals surface area contributed by atoms with Gasteiger partial charge < -0.3 is 4.90 Å². The molecule has 1 unspecified atom stereocenters. The number of sulfonamides is 1. The molecular formula is C14H21FN2O3S. The number of amides is 1. The van der Waals surface area contributed by atoms with E-state index in [-0.39, 0.29) is 16.0 Å². The van der Waals surface area contributed by atoms with Crippen molar-refractivity contribution in [2.45, 2.75) is 32.1 Å². The first-order valence-corrected chi connectivity index (χ1v) is 8.21. The molecule has 7 heteroatoms. The monoisotopic (exact) mass is 316 g/mol. The van der Waals surface area contributed by atoms with Crippen LogP contribution in [0.2, 0.25) is 0 Å². The Kier molecular flexibility index (Phi) is 5.47. The molecule has 1 rings (SSSR count). The highest BCUT2D eigenvalue weighted by atomic mass is 32.2. The second-order valence-corrected chi connectivity index (χ2v) is 6.85. The van der Waals surface area contributed by atoms with Crippen molar-refractivity contribution in [3.05, 3.63) is 29.1 Å². The fourth-order valence-corrected chi connectivity index (χ4v) is 2.87. The third-order valence-corrected chi connectivity index (χ3v) is 4.53. The summed E-state index contributed by atoms with van der Waals surface area (Å²) in [6.07, 6.45) is 0.905. The number of nitrogens with zero attached hydrogens (tertiary/aromatic N) is 1. The van der Waals surface area contributed by atoms with Crippen molar-refractivity contribution in [1.82, 2.24) is 4.90 Å². The molecular weight excluding hydrogens is 295 g/mol. The van der Waals surface area contributed by atoms with E-state index in [0.29, 0.717) is 12.5 Å². The highest BCUT2D eigenvalue weighted by Gasteiger charge is 2.22. The van der Waals surface area contributed by atoms with Gasteiger partial charge in [-0.1, -0.05) is 20.3 Å². The SMILES string of the molecule is CCC(C)CN(C)C(=O)c1cc(F)cc(S(N)(=O)=O)c1C. The van der Waals surface area contributed by atoms with Crippen LogP contribution in [0.15, 0.2) is 17.0 Å². The smallest absolute Gasteiger partial charge is 0.254 e.